The van der Waals surface area contributed by atoms with Gasteiger partial charge < -0.3 is 4.90 Å². The molecule has 0 aromatic heterocycles. The van der Waals surface area contributed by atoms with Crippen molar-refractivity contribution >= 4 is 17.1 Å². The molecule has 0 amide bonds. The summed E-state index contributed by atoms with van der Waals surface area (Å²) in [6.07, 6.45) is 0. The van der Waals surface area contributed by atoms with Crippen molar-refractivity contribution in [2.24, 2.45) is 0 Å². The van der Waals surface area contributed by atoms with Crippen molar-refractivity contribution in [3.05, 3.63) is 234 Å². The van der Waals surface area contributed by atoms with Crippen molar-refractivity contribution < 1.29 is 0 Å². The molecule has 0 atom stereocenters. The molecule has 8 aromatic carbocycles. The molecular weight excluding hydrogens is 639 g/mol. The number of hydrogen-bond acceptors (Lipinski definition) is 1. The van der Waals surface area contributed by atoms with Crippen LogP contribution < -0.4 is 4.90 Å². The SMILES string of the molecule is CC1(C)c2ccccc2-c2ccc(N(c3ccc(C4(c5ccccc5)c5ccccc5-c5ccccc54)cc3)c3ccccc3-c3ccccc3)cc21. The maximum absolute atomic E-state index is 2.46. The van der Waals surface area contributed by atoms with Gasteiger partial charge in [-0.2, -0.15) is 0 Å². The fourth-order valence-electron chi connectivity index (χ4n) is 9.36. The maximum Gasteiger partial charge on any atom is 0.0713 e. The Labute approximate surface area is 312 Å². The summed E-state index contributed by atoms with van der Waals surface area (Å²) < 4.78 is 0. The first-order valence-electron chi connectivity index (χ1n) is 18.6. The van der Waals surface area contributed by atoms with Crippen molar-refractivity contribution in [1.29, 1.82) is 0 Å². The number of nitrogens with zero attached hydrogens (tertiary/aromatic N) is 1. The molecule has 0 saturated heterocycles. The van der Waals surface area contributed by atoms with E-state index in [9.17, 15) is 0 Å². The number of fused-ring (bicyclic) bond motifs is 6. The van der Waals surface area contributed by atoms with E-state index in [0.717, 1.165) is 17.1 Å². The normalized spacial score (nSPS) is 14.2. The highest BCUT2D eigenvalue weighted by atomic mass is 15.1. The molecule has 2 aliphatic rings. The van der Waals surface area contributed by atoms with Crippen LogP contribution in [-0.4, -0.2) is 0 Å². The van der Waals surface area contributed by atoms with Gasteiger partial charge in [-0.15, -0.1) is 0 Å². The summed E-state index contributed by atoms with van der Waals surface area (Å²) in [5, 5.41) is 0. The van der Waals surface area contributed by atoms with Gasteiger partial charge in [0.15, 0.2) is 0 Å². The van der Waals surface area contributed by atoms with Gasteiger partial charge in [0.2, 0.25) is 0 Å². The van der Waals surface area contributed by atoms with Crippen LogP contribution in [0.1, 0.15) is 47.2 Å². The molecule has 10 rings (SSSR count). The highest BCUT2D eigenvalue weighted by Gasteiger charge is 2.46. The summed E-state index contributed by atoms with van der Waals surface area (Å²) in [6, 6.07) is 73.9. The van der Waals surface area contributed by atoms with E-state index in [2.05, 4.69) is 219 Å². The third kappa shape index (κ3) is 4.64. The summed E-state index contributed by atoms with van der Waals surface area (Å²) in [4.78, 5) is 2.46. The molecule has 0 unspecified atom stereocenters. The minimum absolute atomic E-state index is 0.109. The van der Waals surface area contributed by atoms with E-state index in [4.69, 9.17) is 0 Å². The van der Waals surface area contributed by atoms with Gasteiger partial charge in [-0.05, 0) is 91.5 Å². The molecule has 53 heavy (non-hydrogen) atoms. The lowest BCUT2D eigenvalue weighted by Gasteiger charge is -2.35. The van der Waals surface area contributed by atoms with E-state index in [1.807, 2.05) is 0 Å². The van der Waals surface area contributed by atoms with Gasteiger partial charge in [0.25, 0.3) is 0 Å². The molecule has 0 N–H and O–H groups in total. The first-order valence-corrected chi connectivity index (χ1v) is 18.6. The first kappa shape index (κ1) is 31.3. The van der Waals surface area contributed by atoms with Crippen LogP contribution >= 0.6 is 0 Å². The average molecular weight is 678 g/mol. The molecular formula is C52H39N. The Kier molecular flexibility index (Phi) is 7.13. The van der Waals surface area contributed by atoms with E-state index in [0.29, 0.717) is 0 Å². The minimum Gasteiger partial charge on any atom is -0.310 e. The van der Waals surface area contributed by atoms with Crippen molar-refractivity contribution in [3.63, 3.8) is 0 Å². The number of anilines is 3. The van der Waals surface area contributed by atoms with Gasteiger partial charge in [0.05, 0.1) is 11.1 Å². The number of benzene rings is 8. The topological polar surface area (TPSA) is 3.24 Å². The molecule has 0 fully saturated rings. The Hall–Kier alpha value is -6.44. The molecule has 0 bridgehead atoms. The quantitative estimate of drug-likeness (QED) is 0.169. The fourth-order valence-corrected chi connectivity index (χ4v) is 9.36. The van der Waals surface area contributed by atoms with Crippen LogP contribution in [0.3, 0.4) is 0 Å². The lowest BCUT2D eigenvalue weighted by Crippen LogP contribution is -2.28. The van der Waals surface area contributed by atoms with E-state index >= 15 is 0 Å². The van der Waals surface area contributed by atoms with E-state index in [1.165, 1.54) is 66.8 Å². The van der Waals surface area contributed by atoms with Crippen LogP contribution in [-0.2, 0) is 10.8 Å². The molecule has 2 aliphatic carbocycles. The number of rotatable bonds is 6. The van der Waals surface area contributed by atoms with Gasteiger partial charge in [0, 0.05) is 22.4 Å². The summed E-state index contributed by atoms with van der Waals surface area (Å²) in [7, 11) is 0. The molecule has 1 nitrogen and oxygen atoms in total. The molecule has 0 spiro atoms. The highest BCUT2D eigenvalue weighted by molar-refractivity contribution is 5.91. The Morgan fingerprint density at radius 3 is 1.43 bits per heavy atom. The lowest BCUT2D eigenvalue weighted by molar-refractivity contribution is 0.660. The minimum atomic E-state index is -0.441. The molecule has 252 valence electrons. The van der Waals surface area contributed by atoms with Gasteiger partial charge >= 0.3 is 0 Å². The molecule has 0 heterocycles. The third-order valence-corrected chi connectivity index (χ3v) is 11.8. The largest absolute Gasteiger partial charge is 0.310 e. The molecule has 0 radical (unpaired) electrons. The van der Waals surface area contributed by atoms with Crippen molar-refractivity contribution in [2.45, 2.75) is 24.7 Å². The van der Waals surface area contributed by atoms with Gasteiger partial charge in [-0.3, -0.25) is 0 Å². The number of para-hydroxylation sites is 1. The number of hydrogen-bond donors (Lipinski definition) is 0. The summed E-state index contributed by atoms with van der Waals surface area (Å²) >= 11 is 0. The van der Waals surface area contributed by atoms with Crippen molar-refractivity contribution in [1.82, 2.24) is 0 Å². The second-order valence-electron chi connectivity index (χ2n) is 14.9. The van der Waals surface area contributed by atoms with Crippen LogP contribution in [0.25, 0.3) is 33.4 Å². The Morgan fingerprint density at radius 1 is 0.340 bits per heavy atom. The molecule has 0 saturated carbocycles. The zero-order valence-corrected chi connectivity index (χ0v) is 30.0. The van der Waals surface area contributed by atoms with E-state index in [1.54, 1.807) is 0 Å². The van der Waals surface area contributed by atoms with Crippen LogP contribution in [0.5, 0.6) is 0 Å². The zero-order valence-electron chi connectivity index (χ0n) is 30.0. The van der Waals surface area contributed by atoms with Crippen molar-refractivity contribution in [2.75, 3.05) is 4.90 Å². The second kappa shape index (κ2) is 12.1. The van der Waals surface area contributed by atoms with Gasteiger partial charge in [0.1, 0.15) is 0 Å². The monoisotopic (exact) mass is 677 g/mol. The fraction of sp³-hybridized carbons (Fsp3) is 0.0769. The lowest BCUT2D eigenvalue weighted by atomic mass is 9.68. The van der Waals surface area contributed by atoms with Crippen LogP contribution in [0.4, 0.5) is 17.1 Å². The summed E-state index contributed by atoms with van der Waals surface area (Å²) in [5.41, 5.74) is 18.4. The molecule has 8 aromatic rings. The predicted molar refractivity (Wildman–Crippen MR) is 221 cm³/mol. The first-order chi connectivity index (χ1) is 26.1. The van der Waals surface area contributed by atoms with Crippen LogP contribution in [0.2, 0.25) is 0 Å². The standard InChI is InChI=1S/C52H39N/c1-51(2)46-25-13-9-22-42(46)45-34-33-40(35-49(45)51)53(50-28-16-12-21-41(50)36-17-5-3-6-18-36)39-31-29-38(30-32-39)52(37-19-7-4-8-20-37)47-26-14-10-23-43(47)44-24-11-15-27-48(44)52/h3-35H,1-2H3. The van der Waals surface area contributed by atoms with Gasteiger partial charge in [-0.1, -0.05) is 184 Å². The Morgan fingerprint density at radius 2 is 0.792 bits per heavy atom. The maximum atomic E-state index is 2.46. The molecule has 1 heteroatoms. The predicted octanol–water partition coefficient (Wildman–Crippen LogP) is 13.5. The van der Waals surface area contributed by atoms with E-state index < -0.39 is 5.41 Å². The Balaban J connectivity index is 1.19. The second-order valence-corrected chi connectivity index (χ2v) is 14.9. The van der Waals surface area contributed by atoms with Gasteiger partial charge in [-0.25, -0.2) is 0 Å². The van der Waals surface area contributed by atoms with E-state index in [-0.39, 0.29) is 5.41 Å². The third-order valence-electron chi connectivity index (χ3n) is 11.8. The highest BCUT2D eigenvalue weighted by Crippen LogP contribution is 2.57. The summed E-state index contributed by atoms with van der Waals surface area (Å²) in [5.74, 6) is 0. The average Bonchev–Trinajstić information content (AvgIpc) is 3.65. The zero-order chi connectivity index (χ0) is 35.6. The van der Waals surface area contributed by atoms with Crippen LogP contribution in [0, 0.1) is 0 Å². The van der Waals surface area contributed by atoms with Crippen LogP contribution in [0.15, 0.2) is 200 Å². The molecule has 0 aliphatic heterocycles. The Bertz CT molecular complexity index is 2590. The summed E-state index contributed by atoms with van der Waals surface area (Å²) in [6.45, 7) is 4.72. The smallest absolute Gasteiger partial charge is 0.0713 e. The van der Waals surface area contributed by atoms with Crippen molar-refractivity contribution in [3.8, 4) is 33.4 Å².